The molecule has 0 spiro atoms. The van der Waals surface area contributed by atoms with Crippen LogP contribution in [-0.2, 0) is 16.1 Å². The first-order valence-corrected chi connectivity index (χ1v) is 11.7. The number of H-pyrrole nitrogens is 1. The van der Waals surface area contributed by atoms with Crippen molar-refractivity contribution in [1.29, 1.82) is 0 Å². The first kappa shape index (κ1) is 24.5. The summed E-state index contributed by atoms with van der Waals surface area (Å²) in [7, 11) is 0. The maximum Gasteiger partial charge on any atom is 0.269 e. The van der Waals surface area contributed by atoms with Crippen LogP contribution >= 0.6 is 0 Å². The number of hydrogen-bond donors (Lipinski definition) is 4. The maximum absolute atomic E-state index is 13.1. The van der Waals surface area contributed by atoms with Gasteiger partial charge in [-0.1, -0.05) is 36.4 Å². The lowest BCUT2D eigenvalue weighted by molar-refractivity contribution is -0.384. The second-order valence-corrected chi connectivity index (χ2v) is 8.72. The molecule has 1 aromatic heterocycles. The fraction of sp³-hybridized carbons (Fsp3) is 0.111. The summed E-state index contributed by atoms with van der Waals surface area (Å²) in [4.78, 5) is 47.4. The number of aromatic amines is 1. The number of amides is 2. The summed E-state index contributed by atoms with van der Waals surface area (Å²) >= 11 is 0. The smallest absolute Gasteiger partial charge is 0.269 e. The van der Waals surface area contributed by atoms with Crippen LogP contribution in [0.5, 0.6) is 0 Å². The van der Waals surface area contributed by atoms with Gasteiger partial charge in [0.1, 0.15) is 5.92 Å². The number of nitrogens with one attached hydrogen (secondary N) is 3. The number of aliphatic imine (C=N–C) groups is 1. The van der Waals surface area contributed by atoms with E-state index >= 15 is 0 Å². The highest BCUT2D eigenvalue weighted by Crippen LogP contribution is 2.38. The number of non-ortho nitro benzene ring substituents is 1. The Labute approximate surface area is 217 Å². The molecule has 5 N–H and O–H groups in total. The van der Waals surface area contributed by atoms with E-state index in [-0.39, 0.29) is 17.5 Å². The van der Waals surface area contributed by atoms with E-state index in [1.165, 1.54) is 25.1 Å². The molecule has 2 heterocycles. The number of anilines is 2. The molecule has 38 heavy (non-hydrogen) atoms. The topological polar surface area (TPSA) is 168 Å². The second-order valence-electron chi connectivity index (χ2n) is 8.72. The van der Waals surface area contributed by atoms with E-state index in [0.29, 0.717) is 46.4 Å². The van der Waals surface area contributed by atoms with Crippen molar-refractivity contribution in [3.63, 3.8) is 0 Å². The number of nitrogens with two attached hydrogens (primary N) is 1. The number of aromatic nitrogens is 2. The predicted octanol–water partition coefficient (Wildman–Crippen LogP) is 4.26. The van der Waals surface area contributed by atoms with Gasteiger partial charge in [-0.25, -0.2) is 4.98 Å². The highest BCUT2D eigenvalue weighted by molar-refractivity contribution is 6.24. The van der Waals surface area contributed by atoms with Crippen molar-refractivity contribution in [1.82, 2.24) is 9.97 Å². The molecule has 5 rings (SSSR count). The van der Waals surface area contributed by atoms with E-state index in [0.717, 1.165) is 11.1 Å². The number of nitro groups is 1. The van der Waals surface area contributed by atoms with Gasteiger partial charge in [0.05, 0.1) is 28.2 Å². The van der Waals surface area contributed by atoms with Crippen molar-refractivity contribution < 1.29 is 14.5 Å². The quantitative estimate of drug-likeness (QED) is 0.165. The van der Waals surface area contributed by atoms with Gasteiger partial charge < -0.3 is 16.0 Å². The number of hydrogen-bond acceptors (Lipinski definition) is 7. The second kappa shape index (κ2) is 10.1. The molecule has 2 amide bonds. The van der Waals surface area contributed by atoms with E-state index in [1.807, 2.05) is 36.4 Å². The summed E-state index contributed by atoms with van der Waals surface area (Å²) in [6.45, 7) is 1.77. The van der Waals surface area contributed by atoms with Gasteiger partial charge in [-0.3, -0.25) is 30.0 Å². The number of imidazole rings is 1. The third-order valence-corrected chi connectivity index (χ3v) is 6.13. The number of carbonyl (C=O) groups excluding carboxylic acids is 2. The Balaban J connectivity index is 1.55. The Morgan fingerprint density at radius 2 is 1.87 bits per heavy atom. The zero-order valence-corrected chi connectivity index (χ0v) is 20.3. The van der Waals surface area contributed by atoms with Gasteiger partial charge >= 0.3 is 0 Å². The van der Waals surface area contributed by atoms with Crippen LogP contribution in [0.15, 0.2) is 77.9 Å². The fourth-order valence-electron chi connectivity index (χ4n) is 4.29. The SMILES string of the molecule is CC(=O)Nc1ncc(-c2ccc(N=C(c3ccc(CN)cc3)C3C(=O)Nc4ccc([N+](=O)[O-])cc43)cc2)[nH]1. The largest absolute Gasteiger partial charge is 0.326 e. The molecular weight excluding hydrogens is 486 g/mol. The first-order chi connectivity index (χ1) is 18.3. The average molecular weight is 510 g/mol. The lowest BCUT2D eigenvalue weighted by atomic mass is 9.90. The zero-order valence-electron chi connectivity index (χ0n) is 20.3. The molecule has 3 aromatic carbocycles. The van der Waals surface area contributed by atoms with Gasteiger partial charge in [0, 0.05) is 36.9 Å². The molecule has 11 nitrogen and oxygen atoms in total. The molecule has 1 unspecified atom stereocenters. The Hall–Kier alpha value is -5.16. The first-order valence-electron chi connectivity index (χ1n) is 11.7. The summed E-state index contributed by atoms with van der Waals surface area (Å²) in [5.74, 6) is -1.05. The summed E-state index contributed by atoms with van der Waals surface area (Å²) in [6, 6.07) is 19.0. The van der Waals surface area contributed by atoms with Crippen molar-refractivity contribution >= 4 is 40.5 Å². The van der Waals surface area contributed by atoms with Gasteiger partial charge in [0.25, 0.3) is 5.69 Å². The third-order valence-electron chi connectivity index (χ3n) is 6.13. The lowest BCUT2D eigenvalue weighted by Gasteiger charge is -2.14. The van der Waals surface area contributed by atoms with E-state index in [2.05, 4.69) is 20.6 Å². The van der Waals surface area contributed by atoms with Crippen molar-refractivity contribution in [2.75, 3.05) is 10.6 Å². The molecule has 190 valence electrons. The maximum atomic E-state index is 13.1. The van der Waals surface area contributed by atoms with E-state index in [1.54, 1.807) is 18.3 Å². The highest BCUT2D eigenvalue weighted by Gasteiger charge is 2.36. The molecule has 1 atom stereocenters. The normalized spacial score (nSPS) is 14.6. The standard InChI is InChI=1S/C27H23N7O4/c1-15(35)30-27-29-14-23(33-27)17-6-8-19(9-7-17)31-25(18-4-2-16(13-28)3-5-18)24-21-12-20(34(37)38)10-11-22(21)32-26(24)36/h2-12,14,24H,13,28H2,1H3,(H,32,36)(H2,29,30,33,35). The Bertz CT molecular complexity index is 1570. The van der Waals surface area contributed by atoms with E-state index in [9.17, 15) is 19.7 Å². The van der Waals surface area contributed by atoms with Crippen LogP contribution in [0.4, 0.5) is 23.0 Å². The summed E-state index contributed by atoms with van der Waals surface area (Å²) in [5, 5.41) is 16.8. The van der Waals surface area contributed by atoms with Gasteiger partial charge in [0.2, 0.25) is 17.8 Å². The Morgan fingerprint density at radius 1 is 1.13 bits per heavy atom. The molecule has 0 saturated carbocycles. The van der Waals surface area contributed by atoms with Crippen LogP contribution in [0.3, 0.4) is 0 Å². The van der Waals surface area contributed by atoms with Crippen LogP contribution in [0.1, 0.15) is 29.5 Å². The lowest BCUT2D eigenvalue weighted by Crippen LogP contribution is -2.22. The Kier molecular flexibility index (Phi) is 6.50. The van der Waals surface area contributed by atoms with E-state index < -0.39 is 10.8 Å². The predicted molar refractivity (Wildman–Crippen MR) is 143 cm³/mol. The molecular formula is C27H23N7O4. The van der Waals surface area contributed by atoms with Crippen LogP contribution in [0, 0.1) is 10.1 Å². The molecule has 4 aromatic rings. The van der Waals surface area contributed by atoms with Crippen molar-refractivity contribution in [3.05, 3.63) is 99.7 Å². The minimum absolute atomic E-state index is 0.106. The van der Waals surface area contributed by atoms with E-state index in [4.69, 9.17) is 10.7 Å². The number of fused-ring (bicyclic) bond motifs is 1. The number of carbonyl (C=O) groups is 2. The molecule has 1 aliphatic heterocycles. The van der Waals surface area contributed by atoms with Gasteiger partial charge in [-0.05, 0) is 34.9 Å². The molecule has 11 heteroatoms. The molecule has 0 aliphatic carbocycles. The molecule has 1 aliphatic rings. The number of nitrogens with zero attached hydrogens (tertiary/aromatic N) is 3. The van der Waals surface area contributed by atoms with Crippen LogP contribution in [0.25, 0.3) is 11.3 Å². The minimum Gasteiger partial charge on any atom is -0.326 e. The van der Waals surface area contributed by atoms with Crippen LogP contribution in [-0.4, -0.2) is 32.4 Å². The third kappa shape index (κ3) is 4.90. The van der Waals surface area contributed by atoms with Crippen molar-refractivity contribution in [3.8, 4) is 11.3 Å². The van der Waals surface area contributed by atoms with Gasteiger partial charge in [-0.2, -0.15) is 0 Å². The minimum atomic E-state index is -0.846. The molecule has 0 fully saturated rings. The Morgan fingerprint density at radius 3 is 2.53 bits per heavy atom. The zero-order chi connectivity index (χ0) is 26.8. The number of benzene rings is 3. The monoisotopic (exact) mass is 509 g/mol. The summed E-state index contributed by atoms with van der Waals surface area (Å²) in [6.07, 6.45) is 1.61. The molecule has 0 radical (unpaired) electrons. The average Bonchev–Trinajstić information content (AvgIpc) is 3.50. The van der Waals surface area contributed by atoms with Crippen molar-refractivity contribution in [2.24, 2.45) is 10.7 Å². The van der Waals surface area contributed by atoms with Crippen LogP contribution in [0.2, 0.25) is 0 Å². The summed E-state index contributed by atoms with van der Waals surface area (Å²) < 4.78 is 0. The fourth-order valence-corrected chi connectivity index (χ4v) is 4.29. The number of nitro benzene ring substituents is 1. The van der Waals surface area contributed by atoms with Gasteiger partial charge in [-0.15, -0.1) is 0 Å². The highest BCUT2D eigenvalue weighted by atomic mass is 16.6. The van der Waals surface area contributed by atoms with Crippen LogP contribution < -0.4 is 16.4 Å². The summed E-state index contributed by atoms with van der Waals surface area (Å²) in [5.41, 5.74) is 10.8. The van der Waals surface area contributed by atoms with Gasteiger partial charge in [0.15, 0.2) is 0 Å². The van der Waals surface area contributed by atoms with Crippen molar-refractivity contribution in [2.45, 2.75) is 19.4 Å². The molecule has 0 saturated heterocycles. The number of rotatable bonds is 7. The molecule has 0 bridgehead atoms.